The highest BCUT2D eigenvalue weighted by Crippen LogP contribution is 2.38. The molecule has 88 valence electrons. The summed E-state index contributed by atoms with van der Waals surface area (Å²) in [6, 6.07) is 6.39. The number of aliphatic hydroxyl groups is 1. The minimum atomic E-state index is -0.257. The van der Waals surface area contributed by atoms with E-state index in [1.807, 2.05) is 0 Å². The molecule has 3 N–H and O–H groups in total. The monoisotopic (exact) mass is 219 g/mol. The Morgan fingerprint density at radius 3 is 2.50 bits per heavy atom. The van der Waals surface area contributed by atoms with Crippen LogP contribution in [0.2, 0.25) is 0 Å². The van der Waals surface area contributed by atoms with Crippen LogP contribution in [0, 0.1) is 19.8 Å². The van der Waals surface area contributed by atoms with Crippen LogP contribution >= 0.6 is 0 Å². The average molecular weight is 219 g/mol. The van der Waals surface area contributed by atoms with E-state index in [2.05, 4.69) is 32.0 Å². The van der Waals surface area contributed by atoms with Gasteiger partial charge in [0.15, 0.2) is 0 Å². The third-order valence-corrected chi connectivity index (χ3v) is 3.73. The first-order chi connectivity index (χ1) is 7.63. The summed E-state index contributed by atoms with van der Waals surface area (Å²) in [5.74, 6) is 0.585. The van der Waals surface area contributed by atoms with Gasteiger partial charge in [0.2, 0.25) is 0 Å². The topological polar surface area (TPSA) is 46.2 Å². The molecule has 0 saturated heterocycles. The number of aliphatic hydroxyl groups excluding tert-OH is 1. The molecule has 0 bridgehead atoms. The summed E-state index contributed by atoms with van der Waals surface area (Å²) in [6.45, 7) is 4.74. The Labute approximate surface area is 97.5 Å². The van der Waals surface area contributed by atoms with Crippen molar-refractivity contribution in [3.63, 3.8) is 0 Å². The van der Waals surface area contributed by atoms with Gasteiger partial charge in [-0.2, -0.15) is 0 Å². The molecule has 1 aliphatic carbocycles. The van der Waals surface area contributed by atoms with Crippen molar-refractivity contribution in [2.24, 2.45) is 11.7 Å². The summed E-state index contributed by atoms with van der Waals surface area (Å²) in [5.41, 5.74) is 9.55. The van der Waals surface area contributed by atoms with E-state index >= 15 is 0 Å². The maximum atomic E-state index is 10.2. The molecular formula is C14H21NO. The van der Waals surface area contributed by atoms with Gasteiger partial charge in [-0.3, -0.25) is 0 Å². The van der Waals surface area contributed by atoms with E-state index in [1.54, 1.807) is 0 Å². The number of hydrogen-bond donors (Lipinski definition) is 2. The number of nitrogens with two attached hydrogens (primary N) is 1. The molecule has 2 heteroatoms. The van der Waals surface area contributed by atoms with E-state index < -0.39 is 0 Å². The van der Waals surface area contributed by atoms with E-state index in [0.29, 0.717) is 12.5 Å². The first-order valence-electron chi connectivity index (χ1n) is 6.08. The van der Waals surface area contributed by atoms with Crippen LogP contribution in [0.1, 0.15) is 35.4 Å². The fourth-order valence-corrected chi connectivity index (χ4v) is 2.23. The van der Waals surface area contributed by atoms with Gasteiger partial charge in [0.1, 0.15) is 0 Å². The predicted octanol–water partition coefficient (Wildman–Crippen LogP) is 2.12. The zero-order valence-corrected chi connectivity index (χ0v) is 10.1. The second-order valence-corrected chi connectivity index (χ2v) is 5.01. The van der Waals surface area contributed by atoms with E-state index in [-0.39, 0.29) is 12.0 Å². The van der Waals surface area contributed by atoms with Gasteiger partial charge in [-0.05, 0) is 49.3 Å². The highest BCUT2D eigenvalue weighted by Gasteiger charge is 2.35. The smallest absolute Gasteiger partial charge is 0.0648 e. The molecule has 1 aromatic rings. The Morgan fingerprint density at radius 2 is 2.00 bits per heavy atom. The van der Waals surface area contributed by atoms with E-state index in [0.717, 1.165) is 12.8 Å². The first-order valence-corrected chi connectivity index (χ1v) is 6.08. The highest BCUT2D eigenvalue weighted by molar-refractivity contribution is 5.33. The Hall–Kier alpha value is -0.860. The summed E-state index contributed by atoms with van der Waals surface area (Å²) in [4.78, 5) is 0. The van der Waals surface area contributed by atoms with Crippen LogP contribution in [0.4, 0.5) is 0 Å². The molecule has 1 aliphatic rings. The number of hydrogen-bond acceptors (Lipinski definition) is 2. The average Bonchev–Trinajstić information content (AvgIpc) is 3.07. The summed E-state index contributed by atoms with van der Waals surface area (Å²) >= 11 is 0. The number of rotatable bonds is 4. The van der Waals surface area contributed by atoms with Crippen molar-refractivity contribution in [1.82, 2.24) is 0 Å². The van der Waals surface area contributed by atoms with Gasteiger partial charge >= 0.3 is 0 Å². The molecule has 0 aliphatic heterocycles. The van der Waals surface area contributed by atoms with E-state index in [1.165, 1.54) is 16.7 Å². The van der Waals surface area contributed by atoms with Crippen molar-refractivity contribution < 1.29 is 5.11 Å². The predicted molar refractivity (Wildman–Crippen MR) is 66.4 cm³/mol. The standard InChI is InChI=1S/C14H21NO/c1-9-3-4-12(7-10(9)2)13(8-15)14(16)11-5-6-11/h3-4,7,11,13-14,16H,5-6,8,15H2,1-2H3. The van der Waals surface area contributed by atoms with Crippen LogP contribution < -0.4 is 5.73 Å². The fourth-order valence-electron chi connectivity index (χ4n) is 2.23. The van der Waals surface area contributed by atoms with Crippen LogP contribution in [0.25, 0.3) is 0 Å². The maximum Gasteiger partial charge on any atom is 0.0648 e. The molecule has 0 aromatic heterocycles. The fraction of sp³-hybridized carbons (Fsp3) is 0.571. The zero-order valence-electron chi connectivity index (χ0n) is 10.1. The molecule has 1 aromatic carbocycles. The summed E-state index contributed by atoms with van der Waals surface area (Å²) < 4.78 is 0. The third-order valence-electron chi connectivity index (χ3n) is 3.73. The van der Waals surface area contributed by atoms with Crippen molar-refractivity contribution in [3.8, 4) is 0 Å². The van der Waals surface area contributed by atoms with E-state index in [4.69, 9.17) is 5.73 Å². The van der Waals surface area contributed by atoms with Crippen molar-refractivity contribution >= 4 is 0 Å². The molecule has 0 amide bonds. The van der Waals surface area contributed by atoms with Crippen LogP contribution in [0.5, 0.6) is 0 Å². The van der Waals surface area contributed by atoms with Gasteiger partial charge in [-0.25, -0.2) is 0 Å². The molecule has 2 atom stereocenters. The van der Waals surface area contributed by atoms with Crippen molar-refractivity contribution in [2.45, 2.75) is 38.7 Å². The van der Waals surface area contributed by atoms with Crippen LogP contribution in [0.15, 0.2) is 18.2 Å². The van der Waals surface area contributed by atoms with Crippen molar-refractivity contribution in [3.05, 3.63) is 34.9 Å². The lowest BCUT2D eigenvalue weighted by atomic mass is 9.89. The lowest BCUT2D eigenvalue weighted by Crippen LogP contribution is -2.27. The van der Waals surface area contributed by atoms with Crippen molar-refractivity contribution in [1.29, 1.82) is 0 Å². The summed E-state index contributed by atoms with van der Waals surface area (Å²) in [6.07, 6.45) is 2.05. The molecule has 0 radical (unpaired) electrons. The quantitative estimate of drug-likeness (QED) is 0.814. The van der Waals surface area contributed by atoms with Gasteiger partial charge in [0.25, 0.3) is 0 Å². The van der Waals surface area contributed by atoms with Gasteiger partial charge < -0.3 is 10.8 Å². The molecule has 1 saturated carbocycles. The molecule has 1 fully saturated rings. The Morgan fingerprint density at radius 1 is 1.31 bits per heavy atom. The van der Waals surface area contributed by atoms with Gasteiger partial charge in [0, 0.05) is 12.5 Å². The van der Waals surface area contributed by atoms with E-state index in [9.17, 15) is 5.11 Å². The number of aryl methyl sites for hydroxylation is 2. The first kappa shape index (κ1) is 11.6. The minimum absolute atomic E-state index is 0.104. The molecule has 0 spiro atoms. The minimum Gasteiger partial charge on any atom is -0.392 e. The Bertz CT molecular complexity index is 371. The van der Waals surface area contributed by atoms with Gasteiger partial charge in [0.05, 0.1) is 6.10 Å². The van der Waals surface area contributed by atoms with Gasteiger partial charge in [-0.15, -0.1) is 0 Å². The maximum absolute atomic E-state index is 10.2. The highest BCUT2D eigenvalue weighted by atomic mass is 16.3. The molecule has 16 heavy (non-hydrogen) atoms. The lowest BCUT2D eigenvalue weighted by molar-refractivity contribution is 0.123. The largest absolute Gasteiger partial charge is 0.392 e. The summed E-state index contributed by atoms with van der Waals surface area (Å²) in [7, 11) is 0. The van der Waals surface area contributed by atoms with Crippen LogP contribution in [-0.4, -0.2) is 17.8 Å². The number of benzene rings is 1. The molecule has 2 rings (SSSR count). The molecule has 2 unspecified atom stereocenters. The Kier molecular flexibility index (Phi) is 3.31. The van der Waals surface area contributed by atoms with Crippen LogP contribution in [-0.2, 0) is 0 Å². The lowest BCUT2D eigenvalue weighted by Gasteiger charge is -2.22. The molecule has 2 nitrogen and oxygen atoms in total. The van der Waals surface area contributed by atoms with Gasteiger partial charge in [-0.1, -0.05) is 18.2 Å². The zero-order chi connectivity index (χ0) is 11.7. The second kappa shape index (κ2) is 4.56. The third kappa shape index (κ3) is 2.28. The Balaban J connectivity index is 2.21. The molecule has 0 heterocycles. The normalized spacial score (nSPS) is 19.5. The SMILES string of the molecule is Cc1ccc(C(CN)C(O)C2CC2)cc1C. The second-order valence-electron chi connectivity index (χ2n) is 5.01. The van der Waals surface area contributed by atoms with Crippen LogP contribution in [0.3, 0.4) is 0 Å². The summed E-state index contributed by atoms with van der Waals surface area (Å²) in [5, 5.41) is 10.2. The van der Waals surface area contributed by atoms with Crippen molar-refractivity contribution in [2.75, 3.05) is 6.54 Å². The molecular weight excluding hydrogens is 198 g/mol.